The Morgan fingerprint density at radius 3 is 2.26 bits per heavy atom. The quantitative estimate of drug-likeness (QED) is 0.748. The number of hydrogen-bond acceptors (Lipinski definition) is 5. The second kappa shape index (κ2) is 7.28. The van der Waals surface area contributed by atoms with E-state index >= 15 is 0 Å². The average Bonchev–Trinajstić information content (AvgIpc) is 2.33. The van der Waals surface area contributed by atoms with Crippen LogP contribution in [0.2, 0.25) is 0 Å². The third-order valence-electron chi connectivity index (χ3n) is 2.49. The van der Waals surface area contributed by atoms with E-state index in [9.17, 15) is 13.5 Å². The predicted molar refractivity (Wildman–Crippen MR) is 79.4 cm³/mol. The maximum atomic E-state index is 11.3. The molecule has 6 heteroatoms. The Morgan fingerprint density at radius 1 is 1.26 bits per heavy atom. The van der Waals surface area contributed by atoms with Crippen molar-refractivity contribution in [2.24, 2.45) is 0 Å². The second-order valence-corrected chi connectivity index (χ2v) is 7.86. The first-order chi connectivity index (χ1) is 8.82. The van der Waals surface area contributed by atoms with Gasteiger partial charge in [0.25, 0.3) is 0 Å². The monoisotopic (exact) mass is 303 g/mol. The molecule has 1 atom stereocenters. The molecule has 0 aliphatic rings. The highest BCUT2D eigenvalue weighted by Gasteiger charge is 2.10. The van der Waals surface area contributed by atoms with Crippen LogP contribution in [0.3, 0.4) is 0 Å². The highest BCUT2D eigenvalue weighted by Crippen LogP contribution is 2.21. The summed E-state index contributed by atoms with van der Waals surface area (Å²) in [6.45, 7) is 4.16. The summed E-state index contributed by atoms with van der Waals surface area (Å²) in [5.41, 5.74) is 0. The summed E-state index contributed by atoms with van der Waals surface area (Å²) in [6.07, 6.45) is 1.20. The van der Waals surface area contributed by atoms with Crippen molar-refractivity contribution < 1.29 is 13.5 Å². The van der Waals surface area contributed by atoms with Gasteiger partial charge in [-0.3, -0.25) is 0 Å². The molecule has 0 saturated carbocycles. The molecule has 0 aliphatic heterocycles. The van der Waals surface area contributed by atoms with Crippen LogP contribution < -0.4 is 5.32 Å². The van der Waals surface area contributed by atoms with E-state index in [1.807, 2.05) is 13.8 Å². The molecular formula is C13H21NO3S2. The Balaban J connectivity index is 2.58. The smallest absolute Gasteiger partial charge is 0.175 e. The van der Waals surface area contributed by atoms with E-state index < -0.39 is 9.84 Å². The Hall–Kier alpha value is -0.560. The molecule has 0 bridgehead atoms. The maximum Gasteiger partial charge on any atom is 0.175 e. The summed E-state index contributed by atoms with van der Waals surface area (Å²) in [5.74, 6) is 0.743. The van der Waals surface area contributed by atoms with Crippen molar-refractivity contribution >= 4 is 21.6 Å². The van der Waals surface area contributed by atoms with Gasteiger partial charge in [0, 0.05) is 29.0 Å². The molecule has 4 nitrogen and oxygen atoms in total. The molecule has 19 heavy (non-hydrogen) atoms. The van der Waals surface area contributed by atoms with Gasteiger partial charge in [0.15, 0.2) is 9.84 Å². The van der Waals surface area contributed by atoms with Gasteiger partial charge in [-0.1, -0.05) is 13.8 Å². The first-order valence-electron chi connectivity index (χ1n) is 6.12. The van der Waals surface area contributed by atoms with Crippen molar-refractivity contribution in [3.63, 3.8) is 0 Å². The Kier molecular flexibility index (Phi) is 6.32. The number of nitrogens with one attached hydrogen (secondary N) is 1. The number of aliphatic hydroxyl groups is 1. The van der Waals surface area contributed by atoms with Crippen LogP contribution in [0.25, 0.3) is 0 Å². The lowest BCUT2D eigenvalue weighted by Gasteiger charge is -2.18. The normalized spacial score (nSPS) is 13.7. The number of hydrogen-bond donors (Lipinski definition) is 2. The van der Waals surface area contributed by atoms with Crippen LogP contribution in [0.15, 0.2) is 34.1 Å². The van der Waals surface area contributed by atoms with Crippen molar-refractivity contribution in [1.29, 1.82) is 0 Å². The van der Waals surface area contributed by atoms with E-state index in [-0.39, 0.29) is 12.6 Å². The number of rotatable bonds is 7. The number of thioether (sulfide) groups is 1. The molecular weight excluding hydrogens is 282 g/mol. The molecule has 0 saturated heterocycles. The van der Waals surface area contributed by atoms with E-state index in [4.69, 9.17) is 0 Å². The first kappa shape index (κ1) is 16.5. The number of aliphatic hydroxyl groups excluding tert-OH is 1. The van der Waals surface area contributed by atoms with Gasteiger partial charge >= 0.3 is 0 Å². The van der Waals surface area contributed by atoms with Crippen molar-refractivity contribution in [1.82, 2.24) is 5.32 Å². The van der Waals surface area contributed by atoms with E-state index in [2.05, 4.69) is 5.32 Å². The average molecular weight is 303 g/mol. The molecule has 0 fully saturated rings. The lowest BCUT2D eigenvalue weighted by Crippen LogP contribution is -2.39. The zero-order valence-corrected chi connectivity index (χ0v) is 13.1. The Bertz CT molecular complexity index is 483. The van der Waals surface area contributed by atoms with Crippen LogP contribution in [-0.2, 0) is 9.84 Å². The SMILES string of the molecule is CC(C)NC(CO)CSc1ccc(S(C)(=O)=O)cc1. The summed E-state index contributed by atoms with van der Waals surface area (Å²) < 4.78 is 22.7. The predicted octanol–water partition coefficient (Wildman–Crippen LogP) is 1.54. The fourth-order valence-electron chi connectivity index (χ4n) is 1.60. The summed E-state index contributed by atoms with van der Waals surface area (Å²) in [6, 6.07) is 7.18. The fraction of sp³-hybridized carbons (Fsp3) is 0.538. The van der Waals surface area contributed by atoms with Gasteiger partial charge in [0.05, 0.1) is 11.5 Å². The van der Waals surface area contributed by atoms with Crippen molar-refractivity contribution in [2.45, 2.75) is 35.7 Å². The minimum atomic E-state index is -3.13. The molecule has 1 aromatic carbocycles. The van der Waals surface area contributed by atoms with E-state index in [1.54, 1.807) is 36.0 Å². The second-order valence-electron chi connectivity index (χ2n) is 4.76. The largest absolute Gasteiger partial charge is 0.395 e. The molecule has 0 aromatic heterocycles. The summed E-state index contributed by atoms with van der Waals surface area (Å²) in [5, 5.41) is 12.5. The van der Waals surface area contributed by atoms with Gasteiger partial charge in [-0.15, -0.1) is 11.8 Å². The van der Waals surface area contributed by atoms with Gasteiger partial charge in [-0.25, -0.2) is 8.42 Å². The topological polar surface area (TPSA) is 66.4 Å². The van der Waals surface area contributed by atoms with E-state index in [1.165, 1.54) is 6.26 Å². The molecule has 1 rings (SSSR count). The van der Waals surface area contributed by atoms with Gasteiger partial charge in [0.1, 0.15) is 0 Å². The van der Waals surface area contributed by atoms with Gasteiger partial charge in [-0.2, -0.15) is 0 Å². The number of benzene rings is 1. The maximum absolute atomic E-state index is 11.3. The summed E-state index contributed by atoms with van der Waals surface area (Å²) in [4.78, 5) is 1.33. The molecule has 108 valence electrons. The van der Waals surface area contributed by atoms with E-state index in [0.717, 1.165) is 10.6 Å². The number of sulfone groups is 1. The van der Waals surface area contributed by atoms with Gasteiger partial charge in [0.2, 0.25) is 0 Å². The molecule has 0 aliphatic carbocycles. The fourth-order valence-corrected chi connectivity index (χ4v) is 3.16. The van der Waals surface area contributed by atoms with Crippen LogP contribution in [0.5, 0.6) is 0 Å². The first-order valence-corrected chi connectivity index (χ1v) is 9.00. The molecule has 1 aromatic rings. The highest BCUT2D eigenvalue weighted by molar-refractivity contribution is 7.99. The van der Waals surface area contributed by atoms with Crippen molar-refractivity contribution in [3.05, 3.63) is 24.3 Å². The zero-order valence-electron chi connectivity index (χ0n) is 11.5. The van der Waals surface area contributed by atoms with Gasteiger partial charge < -0.3 is 10.4 Å². The molecule has 0 heterocycles. The van der Waals surface area contributed by atoms with Crippen LogP contribution in [0.1, 0.15) is 13.8 Å². The van der Waals surface area contributed by atoms with Crippen molar-refractivity contribution in [2.75, 3.05) is 18.6 Å². The summed E-state index contributed by atoms with van der Waals surface area (Å²) in [7, 11) is -3.13. The third kappa shape index (κ3) is 5.95. The minimum absolute atomic E-state index is 0.0413. The van der Waals surface area contributed by atoms with Crippen LogP contribution in [0.4, 0.5) is 0 Å². The molecule has 1 unspecified atom stereocenters. The van der Waals surface area contributed by atoms with Crippen LogP contribution in [0, 0.1) is 0 Å². The molecule has 0 radical (unpaired) electrons. The van der Waals surface area contributed by atoms with Crippen molar-refractivity contribution in [3.8, 4) is 0 Å². The zero-order chi connectivity index (χ0) is 14.5. The molecule has 0 spiro atoms. The Morgan fingerprint density at radius 2 is 1.84 bits per heavy atom. The minimum Gasteiger partial charge on any atom is -0.395 e. The third-order valence-corrected chi connectivity index (χ3v) is 4.80. The molecule has 2 N–H and O–H groups in total. The van der Waals surface area contributed by atoms with Crippen LogP contribution >= 0.6 is 11.8 Å². The Labute approximate surface area is 119 Å². The van der Waals surface area contributed by atoms with Gasteiger partial charge in [-0.05, 0) is 24.3 Å². The lowest BCUT2D eigenvalue weighted by molar-refractivity contribution is 0.247. The standard InChI is InChI=1S/C13H21NO3S2/c1-10(2)14-11(8-15)9-18-12-4-6-13(7-5-12)19(3,16)17/h4-7,10-11,14-15H,8-9H2,1-3H3. The summed E-state index contributed by atoms with van der Waals surface area (Å²) >= 11 is 1.60. The lowest BCUT2D eigenvalue weighted by atomic mass is 10.3. The highest BCUT2D eigenvalue weighted by atomic mass is 32.2. The molecule has 0 amide bonds. The van der Waals surface area contributed by atoms with Crippen LogP contribution in [-0.4, -0.2) is 44.2 Å². The van der Waals surface area contributed by atoms with E-state index in [0.29, 0.717) is 10.9 Å².